The minimum Gasteiger partial charge on any atom is -0.469 e. The first-order chi connectivity index (χ1) is 28.0. The average molecular weight is 797 g/mol. The molecule has 58 heavy (non-hydrogen) atoms. The van der Waals surface area contributed by atoms with Gasteiger partial charge < -0.3 is 28.4 Å². The van der Waals surface area contributed by atoms with Crippen LogP contribution in [0.3, 0.4) is 0 Å². The van der Waals surface area contributed by atoms with Crippen molar-refractivity contribution in [2.45, 2.75) is 25.7 Å². The van der Waals surface area contributed by atoms with Crippen molar-refractivity contribution in [1.29, 1.82) is 0 Å². The van der Waals surface area contributed by atoms with Gasteiger partial charge in [-0.25, -0.2) is 9.59 Å². The number of rotatable bonds is 20. The lowest BCUT2D eigenvalue weighted by Crippen LogP contribution is -2.33. The number of benzene rings is 5. The first kappa shape index (κ1) is 43.0. The van der Waals surface area contributed by atoms with Crippen LogP contribution in [0.5, 0.6) is 0 Å². The minimum absolute atomic E-state index is 0.0673. The van der Waals surface area contributed by atoms with Crippen molar-refractivity contribution in [3.63, 3.8) is 0 Å². The Hall–Kier alpha value is -6.12. The second-order valence-corrected chi connectivity index (χ2v) is 13.6. The molecule has 0 spiro atoms. The van der Waals surface area contributed by atoms with Gasteiger partial charge >= 0.3 is 35.8 Å². The fourth-order valence-corrected chi connectivity index (χ4v) is 6.53. The summed E-state index contributed by atoms with van der Waals surface area (Å²) >= 11 is 0. The van der Waals surface area contributed by atoms with Gasteiger partial charge in [0.1, 0.15) is 13.2 Å². The number of fused-ring (bicyclic) bond motifs is 4. The highest BCUT2D eigenvalue weighted by Gasteiger charge is 2.16. The van der Waals surface area contributed by atoms with Crippen LogP contribution >= 0.6 is 0 Å². The van der Waals surface area contributed by atoms with Crippen LogP contribution in [-0.2, 0) is 47.6 Å². The Morgan fingerprint density at radius 3 is 0.948 bits per heavy atom. The van der Waals surface area contributed by atoms with Gasteiger partial charge in [-0.1, -0.05) is 12.1 Å². The summed E-state index contributed by atoms with van der Waals surface area (Å²) in [6.45, 7) is 2.15. The van der Waals surface area contributed by atoms with Gasteiger partial charge in [0, 0.05) is 39.3 Å². The summed E-state index contributed by atoms with van der Waals surface area (Å²) in [7, 11) is 5.26. The molecule has 0 aliphatic heterocycles. The zero-order chi connectivity index (χ0) is 41.6. The zero-order valence-electron chi connectivity index (χ0n) is 33.2. The molecule has 0 atom stereocenters. The van der Waals surface area contributed by atoms with Crippen LogP contribution in [0.15, 0.2) is 72.8 Å². The van der Waals surface area contributed by atoms with E-state index in [0.717, 1.165) is 43.1 Å². The molecule has 0 bridgehead atoms. The van der Waals surface area contributed by atoms with Crippen molar-refractivity contribution in [3.8, 4) is 0 Å². The summed E-state index contributed by atoms with van der Waals surface area (Å²) in [6, 6.07) is 23.2. The molecule has 0 aromatic heterocycles. The van der Waals surface area contributed by atoms with Crippen LogP contribution in [0.1, 0.15) is 46.4 Å². The highest BCUT2D eigenvalue weighted by Crippen LogP contribution is 2.31. The van der Waals surface area contributed by atoms with Crippen LogP contribution in [0, 0.1) is 0 Å². The van der Waals surface area contributed by atoms with Gasteiger partial charge in [0.05, 0.1) is 65.2 Å². The van der Waals surface area contributed by atoms with Gasteiger partial charge in [0.25, 0.3) is 0 Å². The maximum Gasteiger partial charge on any atom is 0.338 e. The summed E-state index contributed by atoms with van der Waals surface area (Å²) in [5.41, 5.74) is 0.802. The highest BCUT2D eigenvalue weighted by molar-refractivity contribution is 6.09. The molecule has 0 saturated heterocycles. The number of hydrogen-bond donors (Lipinski definition) is 0. The van der Waals surface area contributed by atoms with Gasteiger partial charge in [-0.15, -0.1) is 0 Å². The maximum absolute atomic E-state index is 13.1. The van der Waals surface area contributed by atoms with E-state index < -0.39 is 11.9 Å². The Morgan fingerprint density at radius 1 is 0.379 bits per heavy atom. The molecule has 5 aromatic rings. The third kappa shape index (κ3) is 11.9. The predicted molar refractivity (Wildman–Crippen MR) is 216 cm³/mol. The number of carbonyl (C=O) groups is 6. The van der Waals surface area contributed by atoms with E-state index in [4.69, 9.17) is 28.4 Å². The number of carbonyl (C=O) groups excluding carboxylic acids is 6. The summed E-state index contributed by atoms with van der Waals surface area (Å²) in [6.07, 6.45) is 0.553. The van der Waals surface area contributed by atoms with E-state index in [2.05, 4.69) is 24.3 Å². The standard InChI is InChI=1S/C44H48N2O12/c1-53-39(47)9-13-45(14-10-40(48)54-2)17-19-57-43(51)31-7-5-29-21-35-28-38-26-34-24-32(8-6-30(34)22-36(38)27-37(35)25-33(29)23-31)44(52)58-20-18-46(15-11-41(49)55-3)16-12-42(50)56-4/h5-8,21-28H,9-20H2,1-4H3. The second kappa shape index (κ2) is 20.9. The molecular formula is C44H48N2O12. The Labute approximate surface area is 335 Å². The first-order valence-electron chi connectivity index (χ1n) is 18.9. The largest absolute Gasteiger partial charge is 0.469 e. The van der Waals surface area contributed by atoms with Crippen LogP contribution in [-0.4, -0.2) is 127 Å². The predicted octanol–water partition coefficient (Wildman–Crippen LogP) is 5.47. The molecule has 0 saturated carbocycles. The van der Waals surface area contributed by atoms with E-state index >= 15 is 0 Å². The van der Waals surface area contributed by atoms with Crippen molar-refractivity contribution in [1.82, 2.24) is 9.80 Å². The van der Waals surface area contributed by atoms with E-state index in [-0.39, 0.29) is 62.8 Å². The van der Waals surface area contributed by atoms with Gasteiger partial charge in [0.2, 0.25) is 0 Å². The SMILES string of the molecule is COC(=O)CCN(CCOC(=O)c1ccc2cc3cc4cc5cc(C(=O)OCCN(CCC(=O)OC)CCC(=O)OC)ccc5cc4cc3cc2c1)CCC(=O)OC. The molecule has 5 aromatic carbocycles. The number of nitrogens with zero attached hydrogens (tertiary/aromatic N) is 2. The Bertz CT molecular complexity index is 2100. The van der Waals surface area contributed by atoms with Gasteiger partial charge in [-0.2, -0.15) is 0 Å². The lowest BCUT2D eigenvalue weighted by atomic mass is 9.96. The molecule has 306 valence electrons. The number of methoxy groups -OCH3 is 4. The monoisotopic (exact) mass is 796 g/mol. The third-order valence-corrected chi connectivity index (χ3v) is 9.90. The summed E-state index contributed by atoms with van der Waals surface area (Å²) < 4.78 is 30.0. The van der Waals surface area contributed by atoms with Crippen LogP contribution in [0.4, 0.5) is 0 Å². The van der Waals surface area contributed by atoms with Crippen molar-refractivity contribution in [3.05, 3.63) is 83.9 Å². The molecular weight excluding hydrogens is 748 g/mol. The highest BCUT2D eigenvalue weighted by atomic mass is 16.5. The van der Waals surface area contributed by atoms with E-state index in [0.29, 0.717) is 50.4 Å². The lowest BCUT2D eigenvalue weighted by Gasteiger charge is -2.21. The molecule has 0 heterocycles. The fraction of sp³-hybridized carbons (Fsp3) is 0.364. The Kier molecular flexibility index (Phi) is 15.5. The van der Waals surface area contributed by atoms with Gasteiger partial charge in [-0.3, -0.25) is 29.0 Å². The molecule has 0 amide bonds. The molecule has 14 nitrogen and oxygen atoms in total. The summed E-state index contributed by atoms with van der Waals surface area (Å²) in [5, 5.41) is 7.63. The molecule has 0 radical (unpaired) electrons. The van der Waals surface area contributed by atoms with Crippen LogP contribution < -0.4 is 0 Å². The molecule has 0 fully saturated rings. The average Bonchev–Trinajstić information content (AvgIpc) is 3.24. The minimum atomic E-state index is -0.482. The van der Waals surface area contributed by atoms with Crippen LogP contribution in [0.2, 0.25) is 0 Å². The van der Waals surface area contributed by atoms with Crippen molar-refractivity contribution >= 4 is 78.9 Å². The quantitative estimate of drug-likeness (QED) is 0.0553. The smallest absolute Gasteiger partial charge is 0.338 e. The lowest BCUT2D eigenvalue weighted by molar-refractivity contribution is -0.142. The number of hydrogen-bond acceptors (Lipinski definition) is 14. The first-order valence-corrected chi connectivity index (χ1v) is 18.9. The number of ether oxygens (including phenoxy) is 6. The second-order valence-electron chi connectivity index (χ2n) is 13.6. The summed E-state index contributed by atoms with van der Waals surface area (Å²) in [4.78, 5) is 76.5. The maximum atomic E-state index is 13.1. The van der Waals surface area contributed by atoms with E-state index in [1.165, 1.54) is 28.4 Å². The summed E-state index contributed by atoms with van der Waals surface area (Å²) in [5.74, 6) is -2.46. The Morgan fingerprint density at radius 2 is 0.655 bits per heavy atom. The molecule has 5 rings (SSSR count). The molecule has 0 unspecified atom stereocenters. The van der Waals surface area contributed by atoms with Gasteiger partial charge in [0.15, 0.2) is 0 Å². The molecule has 14 heteroatoms. The third-order valence-electron chi connectivity index (χ3n) is 9.90. The molecule has 0 N–H and O–H groups in total. The number of esters is 6. The topological polar surface area (TPSA) is 164 Å². The van der Waals surface area contributed by atoms with E-state index in [9.17, 15) is 28.8 Å². The fourth-order valence-electron chi connectivity index (χ4n) is 6.53. The Balaban J connectivity index is 1.25. The zero-order valence-corrected chi connectivity index (χ0v) is 33.2. The van der Waals surface area contributed by atoms with Gasteiger partial charge in [-0.05, 0) is 104 Å². The van der Waals surface area contributed by atoms with E-state index in [1.807, 2.05) is 34.1 Å². The van der Waals surface area contributed by atoms with Crippen LogP contribution in [0.25, 0.3) is 43.1 Å². The van der Waals surface area contributed by atoms with Crippen molar-refractivity contribution in [2.75, 3.05) is 80.9 Å². The van der Waals surface area contributed by atoms with E-state index in [1.54, 1.807) is 24.3 Å². The van der Waals surface area contributed by atoms with Crippen molar-refractivity contribution in [2.24, 2.45) is 0 Å². The molecule has 0 aliphatic carbocycles. The normalized spacial score (nSPS) is 11.3. The van der Waals surface area contributed by atoms with Crippen molar-refractivity contribution < 1.29 is 57.2 Å². The molecule has 0 aliphatic rings.